The number of aromatic nitrogens is 3. The summed E-state index contributed by atoms with van der Waals surface area (Å²) in [5.41, 5.74) is 2.86. The Bertz CT molecular complexity index is 769. The van der Waals surface area contributed by atoms with Crippen LogP contribution >= 0.6 is 0 Å². The maximum atomic E-state index is 12.0. The molecule has 0 fully saturated rings. The SMILES string of the molecule is C[C@@H](NCC(=O)Nc1ccncc1)c1ccc(-n2cccn2)cc1. The first-order valence-corrected chi connectivity index (χ1v) is 7.75. The Labute approximate surface area is 140 Å². The number of rotatable bonds is 6. The molecule has 1 aromatic carbocycles. The van der Waals surface area contributed by atoms with Crippen LogP contribution in [0.3, 0.4) is 0 Å². The van der Waals surface area contributed by atoms with Crippen LogP contribution in [0.1, 0.15) is 18.5 Å². The third kappa shape index (κ3) is 4.05. The molecule has 6 nitrogen and oxygen atoms in total. The van der Waals surface area contributed by atoms with Crippen LogP contribution in [0.2, 0.25) is 0 Å². The minimum absolute atomic E-state index is 0.0693. The molecule has 6 heteroatoms. The Balaban J connectivity index is 1.53. The molecule has 24 heavy (non-hydrogen) atoms. The highest BCUT2D eigenvalue weighted by molar-refractivity contribution is 5.92. The first-order chi connectivity index (χ1) is 11.7. The number of hydrogen-bond acceptors (Lipinski definition) is 4. The number of nitrogens with one attached hydrogen (secondary N) is 2. The van der Waals surface area contributed by atoms with Crippen molar-refractivity contribution in [1.29, 1.82) is 0 Å². The van der Waals surface area contributed by atoms with Crippen molar-refractivity contribution in [2.24, 2.45) is 0 Å². The van der Waals surface area contributed by atoms with Crippen molar-refractivity contribution < 1.29 is 4.79 Å². The zero-order valence-electron chi connectivity index (χ0n) is 13.4. The summed E-state index contributed by atoms with van der Waals surface area (Å²) in [4.78, 5) is 15.9. The van der Waals surface area contributed by atoms with Crippen LogP contribution in [-0.2, 0) is 4.79 Å². The largest absolute Gasteiger partial charge is 0.325 e. The summed E-state index contributed by atoms with van der Waals surface area (Å²) in [5, 5.41) is 10.3. The van der Waals surface area contributed by atoms with E-state index in [9.17, 15) is 4.79 Å². The lowest BCUT2D eigenvalue weighted by atomic mass is 10.1. The Morgan fingerprint density at radius 1 is 1.12 bits per heavy atom. The van der Waals surface area contributed by atoms with Gasteiger partial charge in [-0.3, -0.25) is 9.78 Å². The number of hydrogen-bond donors (Lipinski definition) is 2. The smallest absolute Gasteiger partial charge is 0.238 e. The van der Waals surface area contributed by atoms with Crippen LogP contribution in [0.5, 0.6) is 0 Å². The highest BCUT2D eigenvalue weighted by Crippen LogP contribution is 2.15. The van der Waals surface area contributed by atoms with Gasteiger partial charge in [0.15, 0.2) is 0 Å². The van der Waals surface area contributed by atoms with E-state index in [1.165, 1.54) is 0 Å². The van der Waals surface area contributed by atoms with E-state index >= 15 is 0 Å². The maximum Gasteiger partial charge on any atom is 0.238 e. The summed E-state index contributed by atoms with van der Waals surface area (Å²) in [5.74, 6) is -0.0822. The van der Waals surface area contributed by atoms with E-state index < -0.39 is 0 Å². The van der Waals surface area contributed by atoms with Gasteiger partial charge in [0.2, 0.25) is 5.91 Å². The summed E-state index contributed by atoms with van der Waals surface area (Å²) in [6, 6.07) is 13.6. The quantitative estimate of drug-likeness (QED) is 0.732. The second kappa shape index (κ2) is 7.52. The van der Waals surface area contributed by atoms with Crippen molar-refractivity contribution >= 4 is 11.6 Å². The highest BCUT2D eigenvalue weighted by atomic mass is 16.1. The lowest BCUT2D eigenvalue weighted by Crippen LogP contribution is -2.30. The monoisotopic (exact) mass is 321 g/mol. The number of amides is 1. The second-order valence-electron chi connectivity index (χ2n) is 5.43. The fourth-order valence-corrected chi connectivity index (χ4v) is 2.34. The molecule has 0 unspecified atom stereocenters. The Kier molecular flexibility index (Phi) is 4.98. The molecule has 2 N–H and O–H groups in total. The van der Waals surface area contributed by atoms with Gasteiger partial charge in [-0.05, 0) is 42.8 Å². The highest BCUT2D eigenvalue weighted by Gasteiger charge is 2.08. The van der Waals surface area contributed by atoms with E-state index in [-0.39, 0.29) is 18.5 Å². The molecule has 0 aliphatic carbocycles. The number of pyridine rings is 1. The number of nitrogens with zero attached hydrogens (tertiary/aromatic N) is 3. The van der Waals surface area contributed by atoms with Crippen molar-refractivity contribution in [2.75, 3.05) is 11.9 Å². The van der Waals surface area contributed by atoms with Gasteiger partial charge in [-0.25, -0.2) is 4.68 Å². The predicted octanol–water partition coefficient (Wildman–Crippen LogP) is 2.56. The zero-order valence-corrected chi connectivity index (χ0v) is 13.4. The molecular weight excluding hydrogens is 302 g/mol. The molecule has 0 radical (unpaired) electrons. The van der Waals surface area contributed by atoms with Crippen molar-refractivity contribution in [3.8, 4) is 5.69 Å². The Morgan fingerprint density at radius 2 is 1.88 bits per heavy atom. The molecule has 2 aromatic heterocycles. The Morgan fingerprint density at radius 3 is 2.54 bits per heavy atom. The summed E-state index contributed by atoms with van der Waals surface area (Å²) in [6.07, 6.45) is 6.94. The molecule has 122 valence electrons. The molecule has 1 atom stereocenters. The van der Waals surface area contributed by atoms with Gasteiger partial charge in [0, 0.05) is 36.5 Å². The third-order valence-electron chi connectivity index (χ3n) is 3.69. The fraction of sp³-hybridized carbons (Fsp3) is 0.167. The van der Waals surface area contributed by atoms with E-state index in [1.54, 1.807) is 30.7 Å². The standard InChI is InChI=1S/C18H19N5O/c1-14(20-13-18(24)22-16-7-10-19-11-8-16)15-3-5-17(6-4-15)23-12-2-9-21-23/h2-12,14,20H,13H2,1H3,(H,19,22,24)/t14-/m1/s1. The number of carbonyl (C=O) groups excluding carboxylic acids is 1. The van der Waals surface area contributed by atoms with Crippen LogP contribution in [0, 0.1) is 0 Å². The summed E-state index contributed by atoms with van der Waals surface area (Å²) >= 11 is 0. The summed E-state index contributed by atoms with van der Waals surface area (Å²) < 4.78 is 1.81. The van der Waals surface area contributed by atoms with Gasteiger partial charge in [0.1, 0.15) is 0 Å². The van der Waals surface area contributed by atoms with Crippen molar-refractivity contribution in [3.05, 3.63) is 72.8 Å². The normalized spacial score (nSPS) is 11.9. The van der Waals surface area contributed by atoms with Crippen molar-refractivity contribution in [1.82, 2.24) is 20.1 Å². The van der Waals surface area contributed by atoms with E-state index in [1.807, 2.05) is 48.1 Å². The van der Waals surface area contributed by atoms with Gasteiger partial charge in [0.25, 0.3) is 0 Å². The van der Waals surface area contributed by atoms with E-state index in [4.69, 9.17) is 0 Å². The molecule has 0 bridgehead atoms. The molecule has 3 rings (SSSR count). The average Bonchev–Trinajstić information content (AvgIpc) is 3.15. The van der Waals surface area contributed by atoms with Crippen molar-refractivity contribution in [3.63, 3.8) is 0 Å². The van der Waals surface area contributed by atoms with E-state index in [0.29, 0.717) is 0 Å². The molecule has 0 spiro atoms. The molecule has 0 saturated carbocycles. The molecule has 3 aromatic rings. The van der Waals surface area contributed by atoms with Gasteiger partial charge in [-0.15, -0.1) is 0 Å². The lowest BCUT2D eigenvalue weighted by Gasteiger charge is -2.15. The third-order valence-corrected chi connectivity index (χ3v) is 3.69. The molecule has 0 aliphatic rings. The molecular formula is C18H19N5O. The average molecular weight is 321 g/mol. The number of benzene rings is 1. The number of anilines is 1. The lowest BCUT2D eigenvalue weighted by molar-refractivity contribution is -0.115. The molecule has 0 saturated heterocycles. The van der Waals surface area contributed by atoms with Gasteiger partial charge in [-0.2, -0.15) is 5.10 Å². The van der Waals surface area contributed by atoms with Gasteiger partial charge >= 0.3 is 0 Å². The minimum atomic E-state index is -0.0822. The van der Waals surface area contributed by atoms with Gasteiger partial charge < -0.3 is 10.6 Å². The fourth-order valence-electron chi connectivity index (χ4n) is 2.34. The first kappa shape index (κ1) is 15.9. The van der Waals surface area contributed by atoms with Crippen LogP contribution in [0.4, 0.5) is 5.69 Å². The summed E-state index contributed by atoms with van der Waals surface area (Å²) in [7, 11) is 0. The second-order valence-corrected chi connectivity index (χ2v) is 5.43. The van der Waals surface area contributed by atoms with E-state index in [0.717, 1.165) is 16.9 Å². The van der Waals surface area contributed by atoms with Gasteiger partial charge in [-0.1, -0.05) is 12.1 Å². The topological polar surface area (TPSA) is 71.8 Å². The minimum Gasteiger partial charge on any atom is -0.325 e. The molecule has 1 amide bonds. The number of carbonyl (C=O) groups is 1. The zero-order chi connectivity index (χ0) is 16.8. The van der Waals surface area contributed by atoms with Crippen LogP contribution < -0.4 is 10.6 Å². The molecule has 2 heterocycles. The Hall–Kier alpha value is -2.99. The first-order valence-electron chi connectivity index (χ1n) is 7.75. The maximum absolute atomic E-state index is 12.0. The molecule has 0 aliphatic heterocycles. The van der Waals surface area contributed by atoms with Gasteiger partial charge in [0.05, 0.1) is 12.2 Å². The van der Waals surface area contributed by atoms with E-state index in [2.05, 4.69) is 20.7 Å². The summed E-state index contributed by atoms with van der Waals surface area (Å²) in [6.45, 7) is 2.27. The van der Waals surface area contributed by atoms with Crippen LogP contribution in [0.25, 0.3) is 5.69 Å². The predicted molar refractivity (Wildman–Crippen MR) is 92.8 cm³/mol. The van der Waals surface area contributed by atoms with Crippen LogP contribution in [-0.4, -0.2) is 27.2 Å². The van der Waals surface area contributed by atoms with Crippen LogP contribution in [0.15, 0.2) is 67.3 Å². The van der Waals surface area contributed by atoms with Crippen molar-refractivity contribution in [2.45, 2.75) is 13.0 Å².